The van der Waals surface area contributed by atoms with E-state index < -0.39 is 17.5 Å². The molecule has 0 saturated heterocycles. The molecule has 3 rings (SSSR count). The Morgan fingerprint density at radius 1 is 0.964 bits per heavy atom. The van der Waals surface area contributed by atoms with E-state index in [9.17, 15) is 13.6 Å². The maximum Gasteiger partial charge on any atom is 0.274 e. The Labute approximate surface area is 160 Å². The van der Waals surface area contributed by atoms with Crippen LogP contribution < -0.4 is 15.4 Å². The lowest BCUT2D eigenvalue weighted by Gasteiger charge is -2.11. The Balaban J connectivity index is 1.69. The van der Waals surface area contributed by atoms with Crippen molar-refractivity contribution < 1.29 is 18.3 Å². The molecule has 0 atom stereocenters. The second kappa shape index (κ2) is 8.43. The van der Waals surface area contributed by atoms with Gasteiger partial charge < -0.3 is 15.4 Å². The first kappa shape index (κ1) is 19.2. The zero-order chi connectivity index (χ0) is 20.1. The third kappa shape index (κ3) is 5.00. The van der Waals surface area contributed by atoms with E-state index in [0.29, 0.717) is 5.82 Å². The summed E-state index contributed by atoms with van der Waals surface area (Å²) < 4.78 is 31.8. The molecular formula is C20H18F2N4O2. The Morgan fingerprint density at radius 2 is 1.68 bits per heavy atom. The Kier molecular flexibility index (Phi) is 5.78. The molecule has 0 saturated carbocycles. The van der Waals surface area contributed by atoms with Crippen molar-refractivity contribution in [3.05, 3.63) is 72.2 Å². The van der Waals surface area contributed by atoms with Crippen LogP contribution in [0.2, 0.25) is 0 Å². The van der Waals surface area contributed by atoms with Gasteiger partial charge in [-0.25, -0.2) is 18.7 Å². The number of aromatic nitrogens is 2. The lowest BCUT2D eigenvalue weighted by molar-refractivity contribution is 0.102. The number of nitrogens with one attached hydrogen (secondary N) is 2. The molecule has 0 radical (unpaired) electrons. The first-order valence-corrected chi connectivity index (χ1v) is 8.53. The van der Waals surface area contributed by atoms with E-state index in [2.05, 4.69) is 20.6 Å². The fourth-order valence-electron chi connectivity index (χ4n) is 2.36. The molecule has 0 fully saturated rings. The van der Waals surface area contributed by atoms with Crippen molar-refractivity contribution in [1.82, 2.24) is 9.97 Å². The number of hydrogen-bond donors (Lipinski definition) is 2. The normalized spacial score (nSPS) is 10.6. The van der Waals surface area contributed by atoms with Gasteiger partial charge in [0.05, 0.1) is 6.10 Å². The highest BCUT2D eigenvalue weighted by Crippen LogP contribution is 2.20. The van der Waals surface area contributed by atoms with Gasteiger partial charge in [-0.15, -0.1) is 0 Å². The van der Waals surface area contributed by atoms with Crippen molar-refractivity contribution in [3.8, 4) is 5.75 Å². The summed E-state index contributed by atoms with van der Waals surface area (Å²) in [5, 5.41) is 5.53. The number of ether oxygens (including phenoxy) is 1. The van der Waals surface area contributed by atoms with Gasteiger partial charge in [0.1, 0.15) is 23.6 Å². The van der Waals surface area contributed by atoms with E-state index in [1.54, 1.807) is 0 Å². The summed E-state index contributed by atoms with van der Waals surface area (Å²) in [7, 11) is 0. The van der Waals surface area contributed by atoms with Gasteiger partial charge in [0.25, 0.3) is 5.91 Å². The number of benzene rings is 2. The molecular weight excluding hydrogens is 366 g/mol. The molecule has 0 aliphatic rings. The molecule has 0 bridgehead atoms. The average molecular weight is 384 g/mol. The van der Waals surface area contributed by atoms with Crippen LogP contribution in [0, 0.1) is 11.6 Å². The van der Waals surface area contributed by atoms with Gasteiger partial charge in [0.2, 0.25) is 0 Å². The standard InChI is InChI=1S/C20H18F2N4O2/c1-12(2)28-15-6-3-13(4-7-15)25-19-10-18(23-11-24-19)20(27)26-14-5-8-16(21)17(22)9-14/h3-12H,1-2H3,(H,26,27)(H,23,24,25). The number of rotatable bonds is 6. The fraction of sp³-hybridized carbons (Fsp3) is 0.150. The average Bonchev–Trinajstić information content (AvgIpc) is 2.66. The van der Waals surface area contributed by atoms with Gasteiger partial charge in [0.15, 0.2) is 11.6 Å². The first-order valence-electron chi connectivity index (χ1n) is 8.53. The predicted molar refractivity (Wildman–Crippen MR) is 102 cm³/mol. The second-order valence-corrected chi connectivity index (χ2v) is 6.19. The SMILES string of the molecule is CC(C)Oc1ccc(Nc2cc(C(=O)Nc3ccc(F)c(F)c3)ncn2)cc1. The molecule has 28 heavy (non-hydrogen) atoms. The topological polar surface area (TPSA) is 76.1 Å². The smallest absolute Gasteiger partial charge is 0.274 e. The third-order valence-electron chi connectivity index (χ3n) is 3.58. The highest BCUT2D eigenvalue weighted by molar-refractivity contribution is 6.03. The number of halogens is 2. The van der Waals surface area contributed by atoms with Gasteiger partial charge >= 0.3 is 0 Å². The highest BCUT2D eigenvalue weighted by Gasteiger charge is 2.11. The summed E-state index contributed by atoms with van der Waals surface area (Å²) >= 11 is 0. The van der Waals surface area contributed by atoms with E-state index in [1.807, 2.05) is 38.1 Å². The van der Waals surface area contributed by atoms with Crippen LogP contribution in [0.25, 0.3) is 0 Å². The molecule has 1 aromatic heterocycles. The van der Waals surface area contributed by atoms with Crippen molar-refractivity contribution in [1.29, 1.82) is 0 Å². The second-order valence-electron chi connectivity index (χ2n) is 6.19. The number of carbonyl (C=O) groups excluding carboxylic acids is 1. The van der Waals surface area contributed by atoms with E-state index in [1.165, 1.54) is 18.5 Å². The van der Waals surface area contributed by atoms with Crippen molar-refractivity contribution >= 4 is 23.1 Å². The highest BCUT2D eigenvalue weighted by atomic mass is 19.2. The number of nitrogens with zero attached hydrogens (tertiary/aromatic N) is 2. The lowest BCUT2D eigenvalue weighted by Crippen LogP contribution is -2.14. The largest absolute Gasteiger partial charge is 0.491 e. The molecule has 2 aromatic carbocycles. The van der Waals surface area contributed by atoms with Crippen LogP contribution in [0.15, 0.2) is 54.9 Å². The minimum absolute atomic E-state index is 0.0713. The molecule has 2 N–H and O–H groups in total. The minimum Gasteiger partial charge on any atom is -0.491 e. The Hall–Kier alpha value is -3.55. The molecule has 144 valence electrons. The van der Waals surface area contributed by atoms with Crippen LogP contribution in [0.1, 0.15) is 24.3 Å². The molecule has 3 aromatic rings. The Morgan fingerprint density at radius 3 is 2.36 bits per heavy atom. The Bertz CT molecular complexity index is 978. The van der Waals surface area contributed by atoms with Crippen LogP contribution in [0.5, 0.6) is 5.75 Å². The van der Waals surface area contributed by atoms with E-state index in [4.69, 9.17) is 4.74 Å². The molecule has 0 spiro atoms. The fourth-order valence-corrected chi connectivity index (χ4v) is 2.36. The number of carbonyl (C=O) groups is 1. The van der Waals surface area contributed by atoms with Crippen LogP contribution in [-0.4, -0.2) is 22.0 Å². The molecule has 0 aliphatic carbocycles. The van der Waals surface area contributed by atoms with E-state index >= 15 is 0 Å². The summed E-state index contributed by atoms with van der Waals surface area (Å²) in [5.41, 5.74) is 0.946. The van der Waals surface area contributed by atoms with Crippen molar-refractivity contribution in [2.24, 2.45) is 0 Å². The zero-order valence-corrected chi connectivity index (χ0v) is 15.2. The molecule has 1 heterocycles. The van der Waals surface area contributed by atoms with E-state index in [-0.39, 0.29) is 17.5 Å². The maximum absolute atomic E-state index is 13.3. The first-order chi connectivity index (χ1) is 13.4. The monoisotopic (exact) mass is 384 g/mol. The van der Waals surface area contributed by atoms with Crippen molar-refractivity contribution in [2.75, 3.05) is 10.6 Å². The quantitative estimate of drug-likeness (QED) is 0.653. The molecule has 8 heteroatoms. The number of hydrogen-bond acceptors (Lipinski definition) is 5. The molecule has 0 unspecified atom stereocenters. The molecule has 0 aliphatic heterocycles. The van der Waals surface area contributed by atoms with Crippen LogP contribution >= 0.6 is 0 Å². The van der Waals surface area contributed by atoms with Gasteiger partial charge in [-0.05, 0) is 50.2 Å². The van der Waals surface area contributed by atoms with Gasteiger partial charge in [-0.2, -0.15) is 0 Å². The van der Waals surface area contributed by atoms with Gasteiger partial charge in [0, 0.05) is 23.5 Å². The van der Waals surface area contributed by atoms with E-state index in [0.717, 1.165) is 23.6 Å². The zero-order valence-electron chi connectivity index (χ0n) is 15.2. The van der Waals surface area contributed by atoms with Crippen LogP contribution in [0.4, 0.5) is 26.0 Å². The van der Waals surface area contributed by atoms with Crippen LogP contribution in [0.3, 0.4) is 0 Å². The van der Waals surface area contributed by atoms with Crippen molar-refractivity contribution in [3.63, 3.8) is 0 Å². The molecule has 1 amide bonds. The molecule has 6 nitrogen and oxygen atoms in total. The predicted octanol–water partition coefficient (Wildman–Crippen LogP) is 4.54. The summed E-state index contributed by atoms with van der Waals surface area (Å²) in [4.78, 5) is 20.3. The summed E-state index contributed by atoms with van der Waals surface area (Å²) in [5.74, 6) is -1.46. The number of anilines is 3. The minimum atomic E-state index is -1.05. The maximum atomic E-state index is 13.3. The third-order valence-corrected chi connectivity index (χ3v) is 3.58. The summed E-state index contributed by atoms with van der Waals surface area (Å²) in [6.45, 7) is 3.89. The summed E-state index contributed by atoms with van der Waals surface area (Å²) in [6.07, 6.45) is 1.31. The summed E-state index contributed by atoms with van der Waals surface area (Å²) in [6, 6.07) is 11.8. The van der Waals surface area contributed by atoms with Crippen LogP contribution in [-0.2, 0) is 0 Å². The number of amides is 1. The van der Waals surface area contributed by atoms with Gasteiger partial charge in [-0.1, -0.05) is 0 Å². The lowest BCUT2D eigenvalue weighted by atomic mass is 10.2. The van der Waals surface area contributed by atoms with Crippen molar-refractivity contribution in [2.45, 2.75) is 20.0 Å². The van der Waals surface area contributed by atoms with Gasteiger partial charge in [-0.3, -0.25) is 4.79 Å².